The van der Waals surface area contributed by atoms with Crippen molar-refractivity contribution in [1.29, 1.82) is 0 Å². The van der Waals surface area contributed by atoms with Crippen molar-refractivity contribution in [2.75, 3.05) is 19.0 Å². The molecule has 60 heavy (non-hydrogen) atoms. The van der Waals surface area contributed by atoms with Crippen LogP contribution in [0.15, 0.2) is 48.6 Å². The summed E-state index contributed by atoms with van der Waals surface area (Å²) in [5, 5.41) is 30.9. The Kier molecular flexibility index (Phi) is 34.5. The molecule has 6 unspecified atom stereocenters. The van der Waals surface area contributed by atoms with E-state index in [0.717, 1.165) is 89.9 Å². The van der Waals surface area contributed by atoms with Gasteiger partial charge in [0.25, 0.3) is 10.1 Å². The Morgan fingerprint density at radius 3 is 1.52 bits per heavy atom. The summed E-state index contributed by atoms with van der Waals surface area (Å²) in [6.07, 6.45) is 34.3. The second kappa shape index (κ2) is 37.2. The van der Waals surface area contributed by atoms with Crippen LogP contribution in [-0.4, -0.2) is 96.0 Å². The first-order valence-electron chi connectivity index (χ1n) is 23.2. The summed E-state index contributed by atoms with van der Waals surface area (Å²) in [4.78, 5) is 25.4. The molecule has 1 aliphatic heterocycles. The number of carbonyl (C=O) groups is 2. The molecule has 4 N–H and O–H groups in total. The van der Waals surface area contributed by atoms with Crippen LogP contribution in [0.1, 0.15) is 181 Å². The molecule has 6 atom stereocenters. The molecule has 1 fully saturated rings. The predicted molar refractivity (Wildman–Crippen MR) is 238 cm³/mol. The highest BCUT2D eigenvalue weighted by Gasteiger charge is 2.46. The lowest BCUT2D eigenvalue weighted by Crippen LogP contribution is -2.60. The molecule has 0 amide bonds. The van der Waals surface area contributed by atoms with Crippen LogP contribution in [0, 0.1) is 0 Å². The SMILES string of the molecule is CCCC/C=C\C/C=C\CCCCCCCC(=O)OCC(COC1OC(CS(=O)(=O)O)C(O)C(O)C1O)OC(=O)CCCCCCCCC/C=C\C/C=C\CCCCCC. The minimum atomic E-state index is -4.61. The summed E-state index contributed by atoms with van der Waals surface area (Å²) in [5.74, 6) is -2.01. The standard InChI is InChI=1S/C47H82O12S/c1-3-5-7-9-11-13-15-17-19-20-21-22-24-26-28-30-32-34-36-43(49)58-40(38-57-47-46(52)45(51)44(50)41(59-47)39-60(53,54)55)37-56-42(48)35-33-31-29-27-25-23-18-16-14-12-10-8-6-4-2/h10,12-13,15-16,18-20,40-41,44-47,50-52H,3-9,11,14,17,21-39H2,1-2H3,(H,53,54,55)/b12-10-,15-13-,18-16-,20-19-. The summed E-state index contributed by atoms with van der Waals surface area (Å²) < 4.78 is 54.1. The minimum absolute atomic E-state index is 0.151. The van der Waals surface area contributed by atoms with Crippen LogP contribution in [-0.2, 0) is 38.7 Å². The number of rotatable bonds is 38. The second-order valence-electron chi connectivity index (χ2n) is 16.1. The normalized spacial score (nSPS) is 20.5. The molecule has 1 aliphatic rings. The molecule has 0 radical (unpaired) electrons. The van der Waals surface area contributed by atoms with Crippen molar-refractivity contribution in [2.24, 2.45) is 0 Å². The van der Waals surface area contributed by atoms with E-state index in [-0.39, 0.29) is 19.4 Å². The lowest BCUT2D eigenvalue weighted by atomic mass is 10.00. The molecule has 0 aromatic heterocycles. The van der Waals surface area contributed by atoms with E-state index < -0.39 is 71.2 Å². The van der Waals surface area contributed by atoms with Gasteiger partial charge in [0.05, 0.1) is 6.61 Å². The van der Waals surface area contributed by atoms with Gasteiger partial charge in [0.1, 0.15) is 36.8 Å². The molecule has 0 aliphatic carbocycles. The van der Waals surface area contributed by atoms with Gasteiger partial charge in [0.2, 0.25) is 0 Å². The number of carbonyl (C=O) groups excluding carboxylic acids is 2. The zero-order valence-electron chi connectivity index (χ0n) is 37.1. The van der Waals surface area contributed by atoms with Crippen LogP contribution in [0.4, 0.5) is 0 Å². The summed E-state index contributed by atoms with van der Waals surface area (Å²) in [6.45, 7) is 3.68. The van der Waals surface area contributed by atoms with E-state index in [9.17, 15) is 37.9 Å². The van der Waals surface area contributed by atoms with E-state index in [1.807, 2.05) is 0 Å². The lowest BCUT2D eigenvalue weighted by molar-refractivity contribution is -0.297. The van der Waals surface area contributed by atoms with Gasteiger partial charge >= 0.3 is 11.9 Å². The molecule has 0 aromatic carbocycles. The summed E-state index contributed by atoms with van der Waals surface area (Å²) in [7, 11) is -4.61. The number of aliphatic hydroxyl groups is 3. The maximum Gasteiger partial charge on any atom is 0.306 e. The van der Waals surface area contributed by atoms with Gasteiger partial charge in [0.15, 0.2) is 12.4 Å². The molecular formula is C47H82O12S. The molecule has 348 valence electrons. The van der Waals surface area contributed by atoms with E-state index in [1.165, 1.54) is 51.4 Å². The van der Waals surface area contributed by atoms with Gasteiger partial charge in [-0.1, -0.05) is 146 Å². The second-order valence-corrected chi connectivity index (χ2v) is 17.6. The van der Waals surface area contributed by atoms with Crippen LogP contribution in [0.2, 0.25) is 0 Å². The van der Waals surface area contributed by atoms with Crippen LogP contribution in [0.3, 0.4) is 0 Å². The zero-order valence-corrected chi connectivity index (χ0v) is 37.9. The number of unbranched alkanes of at least 4 members (excludes halogenated alkanes) is 18. The smallest absolute Gasteiger partial charge is 0.306 e. The van der Waals surface area contributed by atoms with E-state index in [4.69, 9.17) is 18.9 Å². The van der Waals surface area contributed by atoms with Crippen LogP contribution in [0.25, 0.3) is 0 Å². The first kappa shape index (κ1) is 55.6. The maximum absolute atomic E-state index is 12.8. The fraction of sp³-hybridized carbons (Fsp3) is 0.787. The van der Waals surface area contributed by atoms with Gasteiger partial charge in [-0.05, 0) is 70.6 Å². The Morgan fingerprint density at radius 2 is 1.02 bits per heavy atom. The number of ether oxygens (including phenoxy) is 4. The Labute approximate surface area is 363 Å². The number of esters is 2. The number of allylic oxidation sites excluding steroid dienone is 8. The van der Waals surface area contributed by atoms with Crippen molar-refractivity contribution in [1.82, 2.24) is 0 Å². The average Bonchev–Trinajstić information content (AvgIpc) is 3.21. The van der Waals surface area contributed by atoms with Crippen LogP contribution >= 0.6 is 0 Å². The largest absolute Gasteiger partial charge is 0.462 e. The molecule has 1 rings (SSSR count). The number of hydrogen-bond acceptors (Lipinski definition) is 11. The Balaban J connectivity index is 2.45. The lowest BCUT2D eigenvalue weighted by Gasteiger charge is -2.40. The van der Waals surface area contributed by atoms with E-state index in [0.29, 0.717) is 12.8 Å². The van der Waals surface area contributed by atoms with Gasteiger partial charge in [-0.15, -0.1) is 0 Å². The minimum Gasteiger partial charge on any atom is -0.462 e. The van der Waals surface area contributed by atoms with Crippen molar-refractivity contribution in [3.63, 3.8) is 0 Å². The van der Waals surface area contributed by atoms with E-state index >= 15 is 0 Å². The molecule has 1 heterocycles. The van der Waals surface area contributed by atoms with Crippen molar-refractivity contribution in [3.05, 3.63) is 48.6 Å². The third-order valence-corrected chi connectivity index (χ3v) is 11.1. The van der Waals surface area contributed by atoms with Gasteiger partial charge < -0.3 is 34.3 Å². The Morgan fingerprint density at radius 1 is 0.567 bits per heavy atom. The number of hydrogen-bond donors (Lipinski definition) is 4. The molecule has 0 bridgehead atoms. The summed E-state index contributed by atoms with van der Waals surface area (Å²) >= 11 is 0. The topological polar surface area (TPSA) is 186 Å². The fourth-order valence-corrected chi connectivity index (χ4v) is 7.41. The maximum atomic E-state index is 12.8. The third-order valence-electron chi connectivity index (χ3n) is 10.4. The van der Waals surface area contributed by atoms with Gasteiger partial charge in [0, 0.05) is 12.8 Å². The van der Waals surface area contributed by atoms with Crippen LogP contribution < -0.4 is 0 Å². The van der Waals surface area contributed by atoms with Crippen molar-refractivity contribution in [3.8, 4) is 0 Å². The van der Waals surface area contributed by atoms with Crippen LogP contribution in [0.5, 0.6) is 0 Å². The van der Waals surface area contributed by atoms with E-state index in [1.54, 1.807) is 0 Å². The summed E-state index contributed by atoms with van der Waals surface area (Å²) in [5.41, 5.74) is 0. The molecule has 0 saturated carbocycles. The average molecular weight is 871 g/mol. The fourth-order valence-electron chi connectivity index (χ4n) is 6.72. The Bertz CT molecular complexity index is 1300. The predicted octanol–water partition coefficient (Wildman–Crippen LogP) is 9.56. The van der Waals surface area contributed by atoms with Crippen molar-refractivity contribution >= 4 is 22.1 Å². The molecule has 1 saturated heterocycles. The highest BCUT2D eigenvalue weighted by molar-refractivity contribution is 7.85. The first-order chi connectivity index (χ1) is 29.0. The molecular weight excluding hydrogens is 789 g/mol. The van der Waals surface area contributed by atoms with Crippen molar-refractivity contribution < 1.29 is 56.8 Å². The molecule has 12 nitrogen and oxygen atoms in total. The van der Waals surface area contributed by atoms with Gasteiger partial charge in [-0.3, -0.25) is 14.1 Å². The highest BCUT2D eigenvalue weighted by atomic mass is 32.2. The highest BCUT2D eigenvalue weighted by Crippen LogP contribution is 2.24. The first-order valence-corrected chi connectivity index (χ1v) is 24.8. The van der Waals surface area contributed by atoms with Gasteiger partial charge in [-0.2, -0.15) is 8.42 Å². The van der Waals surface area contributed by atoms with Crippen molar-refractivity contribution in [2.45, 2.75) is 218 Å². The molecule has 0 aromatic rings. The zero-order chi connectivity index (χ0) is 44.1. The van der Waals surface area contributed by atoms with E-state index in [2.05, 4.69) is 62.5 Å². The monoisotopic (exact) mass is 871 g/mol. The summed E-state index contributed by atoms with van der Waals surface area (Å²) in [6, 6.07) is 0. The molecule has 0 spiro atoms. The third kappa shape index (κ3) is 31.5. The number of aliphatic hydroxyl groups excluding tert-OH is 3. The van der Waals surface area contributed by atoms with Gasteiger partial charge in [-0.25, -0.2) is 0 Å². The molecule has 13 heteroatoms. The Hall–Kier alpha value is -2.39. The quantitative estimate of drug-likeness (QED) is 0.0200.